The number of phenols is 1. The molecule has 1 atom stereocenters. The molecule has 2 heterocycles. The molecular formula is C23H29N3O2. The van der Waals surface area contributed by atoms with E-state index in [0.717, 1.165) is 60.8 Å². The zero-order valence-electron chi connectivity index (χ0n) is 16.5. The number of amides is 1. The van der Waals surface area contributed by atoms with Gasteiger partial charge in [0, 0.05) is 25.8 Å². The average Bonchev–Trinajstić information content (AvgIpc) is 2.73. The molecule has 28 heavy (non-hydrogen) atoms. The molecular weight excluding hydrogens is 350 g/mol. The lowest BCUT2D eigenvalue weighted by Crippen LogP contribution is -2.33. The molecule has 5 nitrogen and oxygen atoms in total. The SMILES string of the molecule is CC1CCN(c2ccc(CNC(=O)C3CCCc4c(O)cccc43)cn2)CC1. The second kappa shape index (κ2) is 8.21. The maximum absolute atomic E-state index is 12.8. The normalized spacial score (nSPS) is 19.9. The van der Waals surface area contributed by atoms with E-state index in [2.05, 4.69) is 34.3 Å². The first-order valence-electron chi connectivity index (χ1n) is 10.4. The van der Waals surface area contributed by atoms with Gasteiger partial charge in [0.1, 0.15) is 11.6 Å². The number of aromatic nitrogens is 1. The standard InChI is InChI=1S/C23H29N3O2/c1-16-10-12-26(13-11-16)22-9-8-17(14-24-22)15-25-23(28)20-6-2-5-19-18(20)4-3-7-21(19)27/h3-4,7-9,14,16,20,27H,2,5-6,10-13,15H2,1H3,(H,25,28). The average molecular weight is 380 g/mol. The third kappa shape index (κ3) is 3.98. The summed E-state index contributed by atoms with van der Waals surface area (Å²) in [5.41, 5.74) is 2.90. The lowest BCUT2D eigenvalue weighted by Gasteiger charge is -2.31. The van der Waals surface area contributed by atoms with Crippen LogP contribution < -0.4 is 10.2 Å². The van der Waals surface area contributed by atoms with Crippen molar-refractivity contribution >= 4 is 11.7 Å². The summed E-state index contributed by atoms with van der Waals surface area (Å²) in [5.74, 6) is 1.98. The number of anilines is 1. The Labute approximate surface area is 166 Å². The number of hydrogen-bond acceptors (Lipinski definition) is 4. The van der Waals surface area contributed by atoms with Gasteiger partial charge in [-0.25, -0.2) is 4.98 Å². The number of phenolic OH excluding ortho intramolecular Hbond substituents is 1. The smallest absolute Gasteiger partial charge is 0.227 e. The highest BCUT2D eigenvalue weighted by Gasteiger charge is 2.27. The van der Waals surface area contributed by atoms with Gasteiger partial charge in [-0.1, -0.05) is 25.1 Å². The number of pyridine rings is 1. The van der Waals surface area contributed by atoms with E-state index in [4.69, 9.17) is 0 Å². The zero-order chi connectivity index (χ0) is 19.5. The summed E-state index contributed by atoms with van der Waals surface area (Å²) in [5, 5.41) is 13.1. The van der Waals surface area contributed by atoms with Crippen molar-refractivity contribution in [2.75, 3.05) is 18.0 Å². The summed E-state index contributed by atoms with van der Waals surface area (Å²) in [6.45, 7) is 4.92. The molecule has 148 valence electrons. The number of hydrogen-bond donors (Lipinski definition) is 2. The molecule has 1 aliphatic heterocycles. The predicted octanol–water partition coefficient (Wildman–Crippen LogP) is 3.76. The van der Waals surface area contributed by atoms with Crippen LogP contribution in [0.15, 0.2) is 36.5 Å². The van der Waals surface area contributed by atoms with Gasteiger partial charge in [-0.3, -0.25) is 4.79 Å². The molecule has 1 aromatic carbocycles. The maximum atomic E-state index is 12.8. The molecule has 1 amide bonds. The maximum Gasteiger partial charge on any atom is 0.227 e. The molecule has 1 fully saturated rings. The van der Waals surface area contributed by atoms with Crippen molar-refractivity contribution in [1.82, 2.24) is 10.3 Å². The number of rotatable bonds is 4. The van der Waals surface area contributed by atoms with E-state index in [1.807, 2.05) is 18.3 Å². The van der Waals surface area contributed by atoms with Gasteiger partial charge in [-0.2, -0.15) is 0 Å². The van der Waals surface area contributed by atoms with Gasteiger partial charge < -0.3 is 15.3 Å². The number of fused-ring (bicyclic) bond motifs is 1. The van der Waals surface area contributed by atoms with Crippen LogP contribution >= 0.6 is 0 Å². The summed E-state index contributed by atoms with van der Waals surface area (Å²) in [6, 6.07) is 9.61. The summed E-state index contributed by atoms with van der Waals surface area (Å²) in [4.78, 5) is 19.7. The van der Waals surface area contributed by atoms with Crippen molar-refractivity contribution in [3.05, 3.63) is 53.2 Å². The summed E-state index contributed by atoms with van der Waals surface area (Å²) in [7, 11) is 0. The van der Waals surface area contributed by atoms with E-state index in [-0.39, 0.29) is 11.8 Å². The summed E-state index contributed by atoms with van der Waals surface area (Å²) in [6.07, 6.45) is 6.90. The Morgan fingerprint density at radius 1 is 1.21 bits per heavy atom. The minimum absolute atomic E-state index is 0.0284. The fraction of sp³-hybridized carbons (Fsp3) is 0.478. The Morgan fingerprint density at radius 3 is 2.79 bits per heavy atom. The monoisotopic (exact) mass is 379 g/mol. The fourth-order valence-electron chi connectivity index (χ4n) is 4.36. The summed E-state index contributed by atoms with van der Waals surface area (Å²) < 4.78 is 0. The van der Waals surface area contributed by atoms with Crippen LogP contribution in [0.2, 0.25) is 0 Å². The van der Waals surface area contributed by atoms with Crippen molar-refractivity contribution < 1.29 is 9.90 Å². The van der Waals surface area contributed by atoms with Crippen molar-refractivity contribution in [3.8, 4) is 5.75 Å². The van der Waals surface area contributed by atoms with Crippen molar-refractivity contribution in [2.45, 2.75) is 51.5 Å². The largest absolute Gasteiger partial charge is 0.508 e. The Kier molecular flexibility index (Phi) is 5.51. The quantitative estimate of drug-likeness (QED) is 0.849. The second-order valence-corrected chi connectivity index (χ2v) is 8.20. The van der Waals surface area contributed by atoms with Crippen LogP contribution in [0.5, 0.6) is 5.75 Å². The van der Waals surface area contributed by atoms with Gasteiger partial charge in [0.2, 0.25) is 5.91 Å². The topological polar surface area (TPSA) is 65.5 Å². The van der Waals surface area contributed by atoms with Crippen molar-refractivity contribution in [1.29, 1.82) is 0 Å². The first-order valence-corrected chi connectivity index (χ1v) is 10.4. The Bertz CT molecular complexity index is 826. The fourth-order valence-corrected chi connectivity index (χ4v) is 4.36. The van der Waals surface area contributed by atoms with E-state index >= 15 is 0 Å². The Morgan fingerprint density at radius 2 is 2.04 bits per heavy atom. The molecule has 1 unspecified atom stereocenters. The third-order valence-corrected chi connectivity index (χ3v) is 6.18. The molecule has 0 bridgehead atoms. The van der Waals surface area contributed by atoms with Crippen LogP contribution in [-0.4, -0.2) is 29.1 Å². The van der Waals surface area contributed by atoms with E-state index in [1.165, 1.54) is 12.8 Å². The van der Waals surface area contributed by atoms with Crippen LogP contribution in [0.4, 0.5) is 5.82 Å². The van der Waals surface area contributed by atoms with Crippen LogP contribution in [0.25, 0.3) is 0 Å². The number of nitrogens with one attached hydrogen (secondary N) is 1. The second-order valence-electron chi connectivity index (χ2n) is 8.20. The molecule has 2 aliphatic rings. The van der Waals surface area contributed by atoms with Gasteiger partial charge in [0.05, 0.1) is 5.92 Å². The molecule has 4 rings (SSSR count). The highest BCUT2D eigenvalue weighted by atomic mass is 16.3. The Balaban J connectivity index is 1.36. The minimum atomic E-state index is -0.182. The highest BCUT2D eigenvalue weighted by molar-refractivity contribution is 5.84. The molecule has 2 N–H and O–H groups in total. The molecule has 1 aromatic heterocycles. The van der Waals surface area contributed by atoms with Crippen LogP contribution in [0.3, 0.4) is 0 Å². The van der Waals surface area contributed by atoms with Gasteiger partial charge in [0.25, 0.3) is 0 Å². The van der Waals surface area contributed by atoms with Gasteiger partial charge in [-0.15, -0.1) is 0 Å². The number of aromatic hydroxyl groups is 1. The number of benzene rings is 1. The minimum Gasteiger partial charge on any atom is -0.508 e. The third-order valence-electron chi connectivity index (χ3n) is 6.18. The number of carbonyl (C=O) groups excluding carboxylic acids is 1. The molecule has 0 saturated carbocycles. The van der Waals surface area contributed by atoms with Crippen molar-refractivity contribution in [2.24, 2.45) is 5.92 Å². The predicted molar refractivity (Wildman–Crippen MR) is 110 cm³/mol. The van der Waals surface area contributed by atoms with Crippen molar-refractivity contribution in [3.63, 3.8) is 0 Å². The lowest BCUT2D eigenvalue weighted by atomic mass is 9.82. The first-order chi connectivity index (χ1) is 13.6. The number of carbonyl (C=O) groups is 1. The van der Waals surface area contributed by atoms with Gasteiger partial charge in [0.15, 0.2) is 0 Å². The van der Waals surface area contributed by atoms with Crippen LogP contribution in [0, 0.1) is 5.92 Å². The number of nitrogens with zero attached hydrogens (tertiary/aromatic N) is 2. The van der Waals surface area contributed by atoms with Crippen LogP contribution in [0.1, 0.15) is 55.2 Å². The molecule has 0 radical (unpaired) electrons. The molecule has 1 aliphatic carbocycles. The van der Waals surface area contributed by atoms with E-state index in [0.29, 0.717) is 12.3 Å². The summed E-state index contributed by atoms with van der Waals surface area (Å²) >= 11 is 0. The molecule has 1 saturated heterocycles. The molecule has 2 aromatic rings. The lowest BCUT2D eigenvalue weighted by molar-refractivity contribution is -0.123. The molecule has 0 spiro atoms. The van der Waals surface area contributed by atoms with Gasteiger partial charge in [-0.05, 0) is 66.8 Å². The zero-order valence-corrected chi connectivity index (χ0v) is 16.5. The van der Waals surface area contributed by atoms with Crippen LogP contribution in [-0.2, 0) is 17.8 Å². The van der Waals surface area contributed by atoms with E-state index in [9.17, 15) is 9.90 Å². The highest BCUT2D eigenvalue weighted by Crippen LogP contribution is 2.36. The van der Waals surface area contributed by atoms with Gasteiger partial charge >= 0.3 is 0 Å². The van der Waals surface area contributed by atoms with E-state index < -0.39 is 0 Å². The first kappa shape index (κ1) is 18.8. The van der Waals surface area contributed by atoms with E-state index in [1.54, 1.807) is 6.07 Å². The Hall–Kier alpha value is -2.56. The number of piperidine rings is 1. The molecule has 5 heteroatoms.